The number of hydrogen-bond donors (Lipinski definition) is 1. The Kier molecular flexibility index (Phi) is 5.70. The maximum absolute atomic E-state index is 5.18. The fourth-order valence-corrected chi connectivity index (χ4v) is 2.33. The molecule has 0 aliphatic carbocycles. The molecular formula is C16H20BrN3O. The second-order valence-electron chi connectivity index (χ2n) is 4.86. The fraction of sp³-hybridized carbons (Fsp3) is 0.375. The maximum Gasteiger partial charge on any atom is 0.161 e. The van der Waals surface area contributed by atoms with Gasteiger partial charge in [0.25, 0.3) is 0 Å². The van der Waals surface area contributed by atoms with E-state index in [1.54, 1.807) is 7.11 Å². The highest BCUT2D eigenvalue weighted by atomic mass is 79.9. The molecule has 0 saturated carbocycles. The number of anilines is 1. The quantitative estimate of drug-likeness (QED) is 0.849. The van der Waals surface area contributed by atoms with Crippen molar-refractivity contribution in [2.75, 3.05) is 19.0 Å². The van der Waals surface area contributed by atoms with Crippen LogP contribution >= 0.6 is 15.9 Å². The van der Waals surface area contributed by atoms with E-state index < -0.39 is 0 Å². The number of nitrogens with zero attached hydrogens (tertiary/aromatic N) is 2. The third-order valence-corrected chi connectivity index (χ3v) is 4.00. The maximum atomic E-state index is 5.18. The van der Waals surface area contributed by atoms with E-state index in [2.05, 4.69) is 44.2 Å². The van der Waals surface area contributed by atoms with E-state index in [1.165, 1.54) is 0 Å². The fourth-order valence-electron chi connectivity index (χ4n) is 2.02. The molecule has 1 aromatic heterocycles. The van der Waals surface area contributed by atoms with Gasteiger partial charge < -0.3 is 10.1 Å². The minimum absolute atomic E-state index is 0.588. The SMILES string of the molecule is CCCNc1nc(-c2cccc(COC)c2)nc(C)c1Br. The standard InChI is InChI=1S/C16H20BrN3O/c1-4-8-18-16-14(17)11(2)19-15(20-16)13-7-5-6-12(9-13)10-21-3/h5-7,9H,4,8,10H2,1-3H3,(H,18,19,20). The van der Waals surface area contributed by atoms with Crippen molar-refractivity contribution in [2.24, 2.45) is 0 Å². The lowest BCUT2D eigenvalue weighted by Crippen LogP contribution is -2.06. The molecule has 0 aliphatic heterocycles. The topological polar surface area (TPSA) is 47.0 Å². The average Bonchev–Trinajstić information content (AvgIpc) is 2.49. The van der Waals surface area contributed by atoms with Gasteiger partial charge in [0.1, 0.15) is 5.82 Å². The predicted octanol–water partition coefficient (Wildman–Crippen LogP) is 4.18. The van der Waals surface area contributed by atoms with Crippen LogP contribution in [0.4, 0.5) is 5.82 Å². The van der Waals surface area contributed by atoms with Crippen molar-refractivity contribution in [1.29, 1.82) is 0 Å². The number of ether oxygens (including phenoxy) is 1. The summed E-state index contributed by atoms with van der Waals surface area (Å²) in [7, 11) is 1.69. The van der Waals surface area contributed by atoms with Crippen LogP contribution in [0, 0.1) is 6.92 Å². The summed E-state index contributed by atoms with van der Waals surface area (Å²) in [5, 5.41) is 3.33. The molecule has 0 bridgehead atoms. The summed E-state index contributed by atoms with van der Waals surface area (Å²) >= 11 is 3.55. The van der Waals surface area contributed by atoms with Gasteiger partial charge in [0, 0.05) is 19.2 Å². The van der Waals surface area contributed by atoms with Gasteiger partial charge in [-0.1, -0.05) is 25.1 Å². The molecule has 0 spiro atoms. The van der Waals surface area contributed by atoms with E-state index in [4.69, 9.17) is 4.74 Å². The summed E-state index contributed by atoms with van der Waals surface area (Å²) in [6.07, 6.45) is 1.05. The summed E-state index contributed by atoms with van der Waals surface area (Å²) in [5.41, 5.74) is 3.04. The molecule has 112 valence electrons. The molecule has 4 nitrogen and oxygen atoms in total. The van der Waals surface area contributed by atoms with Gasteiger partial charge in [-0.05, 0) is 40.9 Å². The highest BCUT2D eigenvalue weighted by Crippen LogP contribution is 2.27. The largest absolute Gasteiger partial charge is 0.380 e. The molecule has 0 amide bonds. The molecule has 0 unspecified atom stereocenters. The van der Waals surface area contributed by atoms with Crippen molar-refractivity contribution in [3.05, 3.63) is 40.0 Å². The minimum atomic E-state index is 0.588. The van der Waals surface area contributed by atoms with Gasteiger partial charge in [-0.2, -0.15) is 0 Å². The predicted molar refractivity (Wildman–Crippen MR) is 89.4 cm³/mol. The van der Waals surface area contributed by atoms with E-state index in [1.807, 2.05) is 25.1 Å². The van der Waals surface area contributed by atoms with E-state index >= 15 is 0 Å². The van der Waals surface area contributed by atoms with E-state index in [-0.39, 0.29) is 0 Å². The van der Waals surface area contributed by atoms with Crippen molar-refractivity contribution >= 4 is 21.7 Å². The molecule has 5 heteroatoms. The summed E-state index contributed by atoms with van der Waals surface area (Å²) in [4.78, 5) is 9.21. The van der Waals surface area contributed by atoms with Crippen molar-refractivity contribution in [3.63, 3.8) is 0 Å². The molecule has 1 N–H and O–H groups in total. The zero-order valence-corrected chi connectivity index (χ0v) is 14.2. The van der Waals surface area contributed by atoms with E-state index in [0.717, 1.165) is 45.9 Å². The second kappa shape index (κ2) is 7.52. The normalized spacial score (nSPS) is 10.7. The van der Waals surface area contributed by atoms with Crippen LogP contribution in [0.3, 0.4) is 0 Å². The first-order valence-corrected chi connectivity index (χ1v) is 7.81. The van der Waals surface area contributed by atoms with Crippen molar-refractivity contribution in [2.45, 2.75) is 26.9 Å². The molecule has 21 heavy (non-hydrogen) atoms. The number of methoxy groups -OCH3 is 1. The highest BCUT2D eigenvalue weighted by molar-refractivity contribution is 9.10. The Bertz CT molecular complexity index is 616. The lowest BCUT2D eigenvalue weighted by Gasteiger charge is -2.11. The van der Waals surface area contributed by atoms with Crippen LogP contribution in [0.1, 0.15) is 24.6 Å². The van der Waals surface area contributed by atoms with Gasteiger partial charge in [0.2, 0.25) is 0 Å². The van der Waals surface area contributed by atoms with E-state index in [0.29, 0.717) is 6.61 Å². The van der Waals surface area contributed by atoms with Crippen molar-refractivity contribution in [3.8, 4) is 11.4 Å². The third-order valence-electron chi connectivity index (χ3n) is 3.06. The van der Waals surface area contributed by atoms with Gasteiger partial charge in [-0.25, -0.2) is 9.97 Å². The van der Waals surface area contributed by atoms with Gasteiger partial charge in [-0.3, -0.25) is 0 Å². The Morgan fingerprint density at radius 2 is 2.10 bits per heavy atom. The molecule has 0 radical (unpaired) electrons. The second-order valence-corrected chi connectivity index (χ2v) is 5.65. The van der Waals surface area contributed by atoms with Crippen LogP contribution in [0.25, 0.3) is 11.4 Å². The molecule has 2 rings (SSSR count). The summed E-state index contributed by atoms with van der Waals surface area (Å²) in [6.45, 7) is 5.58. The highest BCUT2D eigenvalue weighted by Gasteiger charge is 2.10. The Morgan fingerprint density at radius 3 is 2.81 bits per heavy atom. The average molecular weight is 350 g/mol. The molecular weight excluding hydrogens is 330 g/mol. The minimum Gasteiger partial charge on any atom is -0.380 e. The number of hydrogen-bond acceptors (Lipinski definition) is 4. The zero-order chi connectivity index (χ0) is 15.2. The van der Waals surface area contributed by atoms with Crippen molar-refractivity contribution < 1.29 is 4.74 Å². The number of aromatic nitrogens is 2. The lowest BCUT2D eigenvalue weighted by atomic mass is 10.1. The molecule has 0 aliphatic rings. The first-order chi connectivity index (χ1) is 10.2. The van der Waals surface area contributed by atoms with Gasteiger partial charge in [0.05, 0.1) is 16.8 Å². The van der Waals surface area contributed by atoms with Crippen LogP contribution in [0.2, 0.25) is 0 Å². The number of rotatable bonds is 6. The van der Waals surface area contributed by atoms with Crippen LogP contribution in [0.15, 0.2) is 28.7 Å². The third kappa shape index (κ3) is 4.02. The Balaban J connectivity index is 2.39. The first kappa shape index (κ1) is 15.9. The summed E-state index contributed by atoms with van der Waals surface area (Å²) in [5.74, 6) is 1.57. The monoisotopic (exact) mass is 349 g/mol. The smallest absolute Gasteiger partial charge is 0.161 e. The van der Waals surface area contributed by atoms with Gasteiger partial charge in [0.15, 0.2) is 5.82 Å². The molecule has 1 aromatic carbocycles. The number of aryl methyl sites for hydroxylation is 1. The first-order valence-electron chi connectivity index (χ1n) is 7.02. The van der Waals surface area contributed by atoms with Crippen LogP contribution in [0.5, 0.6) is 0 Å². The molecule has 1 heterocycles. The van der Waals surface area contributed by atoms with Crippen LogP contribution in [-0.4, -0.2) is 23.6 Å². The summed E-state index contributed by atoms with van der Waals surface area (Å²) in [6, 6.07) is 8.12. The Hall–Kier alpha value is -1.46. The number of benzene rings is 1. The number of nitrogens with one attached hydrogen (secondary N) is 1. The Morgan fingerprint density at radius 1 is 1.29 bits per heavy atom. The zero-order valence-electron chi connectivity index (χ0n) is 12.6. The van der Waals surface area contributed by atoms with Crippen molar-refractivity contribution in [1.82, 2.24) is 9.97 Å². The van der Waals surface area contributed by atoms with E-state index in [9.17, 15) is 0 Å². The lowest BCUT2D eigenvalue weighted by molar-refractivity contribution is 0.185. The molecule has 0 saturated heterocycles. The number of halogens is 1. The molecule has 0 atom stereocenters. The summed E-state index contributed by atoms with van der Waals surface area (Å²) < 4.78 is 6.10. The van der Waals surface area contributed by atoms with Gasteiger partial charge >= 0.3 is 0 Å². The molecule has 2 aromatic rings. The van der Waals surface area contributed by atoms with Gasteiger partial charge in [-0.15, -0.1) is 0 Å². The Labute approximate surface area is 134 Å². The van der Waals surface area contributed by atoms with Crippen LogP contribution < -0.4 is 5.32 Å². The molecule has 0 fully saturated rings. The van der Waals surface area contributed by atoms with Crippen LogP contribution in [-0.2, 0) is 11.3 Å².